The highest BCUT2D eigenvalue weighted by molar-refractivity contribution is 7.82. The van der Waals surface area contributed by atoms with Gasteiger partial charge >= 0.3 is 5.97 Å². The van der Waals surface area contributed by atoms with E-state index in [1.807, 2.05) is 0 Å². The van der Waals surface area contributed by atoms with Crippen LogP contribution in [0, 0.1) is 0 Å². The van der Waals surface area contributed by atoms with E-state index in [2.05, 4.69) is 17.9 Å². The van der Waals surface area contributed by atoms with Crippen molar-refractivity contribution < 1.29 is 9.90 Å². The van der Waals surface area contributed by atoms with E-state index in [0.717, 1.165) is 19.4 Å². The number of hydrogen-bond donors (Lipinski definition) is 3. The van der Waals surface area contributed by atoms with Crippen LogP contribution in [0.5, 0.6) is 0 Å². The fourth-order valence-corrected chi connectivity index (χ4v) is 1.53. The van der Waals surface area contributed by atoms with Crippen LogP contribution >= 0.6 is 12.6 Å². The minimum Gasteiger partial charge on any atom is -0.480 e. The molecular formula is C7H13NO2S. The van der Waals surface area contributed by atoms with Crippen LogP contribution in [0.15, 0.2) is 0 Å². The molecule has 2 atom stereocenters. The van der Waals surface area contributed by atoms with Gasteiger partial charge in [0, 0.05) is 6.04 Å². The Hall–Kier alpha value is -0.220. The molecule has 1 rings (SSSR count). The summed E-state index contributed by atoms with van der Waals surface area (Å²) in [5.74, 6) is -0.847. The van der Waals surface area contributed by atoms with E-state index >= 15 is 0 Å². The third kappa shape index (κ3) is 1.68. The Balaban J connectivity index is 2.62. The van der Waals surface area contributed by atoms with Gasteiger partial charge < -0.3 is 10.4 Å². The highest BCUT2D eigenvalue weighted by Crippen LogP contribution is 2.25. The van der Waals surface area contributed by atoms with Crippen molar-refractivity contribution in [3.63, 3.8) is 0 Å². The van der Waals surface area contributed by atoms with Crippen LogP contribution in [0.1, 0.15) is 19.8 Å². The molecule has 1 aliphatic rings. The zero-order valence-electron chi connectivity index (χ0n) is 6.50. The van der Waals surface area contributed by atoms with Gasteiger partial charge in [-0.3, -0.25) is 4.79 Å². The van der Waals surface area contributed by atoms with E-state index in [1.54, 1.807) is 6.92 Å². The Bertz CT molecular complexity index is 164. The first-order valence-electron chi connectivity index (χ1n) is 3.74. The maximum atomic E-state index is 10.7. The molecule has 2 N–H and O–H groups in total. The summed E-state index contributed by atoms with van der Waals surface area (Å²) in [7, 11) is 0. The standard InChI is InChI=1S/C7H13NO2S/c1-7(11,6(9)10)5-3-2-4-8-5/h5,8,11H,2-4H2,1H3,(H,9,10). The van der Waals surface area contributed by atoms with E-state index in [0.29, 0.717) is 0 Å². The third-order valence-electron chi connectivity index (χ3n) is 2.17. The molecule has 0 spiro atoms. The number of nitrogens with one attached hydrogen (secondary N) is 1. The summed E-state index contributed by atoms with van der Waals surface area (Å²) >= 11 is 4.11. The van der Waals surface area contributed by atoms with Gasteiger partial charge in [0.25, 0.3) is 0 Å². The number of carboxylic acid groups (broad SMARTS) is 1. The average Bonchev–Trinajstić information content (AvgIpc) is 2.37. The van der Waals surface area contributed by atoms with Gasteiger partial charge in [-0.05, 0) is 26.3 Å². The largest absolute Gasteiger partial charge is 0.480 e. The summed E-state index contributed by atoms with van der Waals surface area (Å²) in [5.41, 5.74) is 0. The van der Waals surface area contributed by atoms with Crippen molar-refractivity contribution in [1.29, 1.82) is 0 Å². The summed E-state index contributed by atoms with van der Waals surface area (Å²) in [6.45, 7) is 2.55. The Morgan fingerprint density at radius 3 is 2.82 bits per heavy atom. The highest BCUT2D eigenvalue weighted by Gasteiger charge is 2.39. The van der Waals surface area contributed by atoms with Crippen LogP contribution in [-0.2, 0) is 4.79 Å². The molecule has 0 aromatic rings. The van der Waals surface area contributed by atoms with Gasteiger partial charge in [-0.15, -0.1) is 0 Å². The van der Waals surface area contributed by atoms with Crippen LogP contribution in [0.2, 0.25) is 0 Å². The molecule has 0 aliphatic carbocycles. The topological polar surface area (TPSA) is 49.3 Å². The van der Waals surface area contributed by atoms with Crippen molar-refractivity contribution in [2.75, 3.05) is 6.54 Å². The quantitative estimate of drug-likeness (QED) is 0.536. The lowest BCUT2D eigenvalue weighted by molar-refractivity contribution is -0.140. The van der Waals surface area contributed by atoms with Gasteiger partial charge in [-0.1, -0.05) is 0 Å². The van der Waals surface area contributed by atoms with Crippen molar-refractivity contribution in [3.05, 3.63) is 0 Å². The first-order chi connectivity index (χ1) is 5.05. The molecule has 4 heteroatoms. The molecule has 0 amide bonds. The van der Waals surface area contributed by atoms with Crippen LogP contribution in [-0.4, -0.2) is 28.4 Å². The molecule has 1 saturated heterocycles. The van der Waals surface area contributed by atoms with Crippen molar-refractivity contribution in [2.45, 2.75) is 30.6 Å². The molecule has 0 saturated carbocycles. The molecule has 0 aromatic carbocycles. The van der Waals surface area contributed by atoms with E-state index in [4.69, 9.17) is 5.11 Å². The van der Waals surface area contributed by atoms with Gasteiger partial charge in [-0.2, -0.15) is 12.6 Å². The fourth-order valence-electron chi connectivity index (χ4n) is 1.31. The minimum atomic E-state index is -0.920. The van der Waals surface area contributed by atoms with E-state index < -0.39 is 10.7 Å². The SMILES string of the molecule is CC(S)(C(=O)O)C1CCCN1. The zero-order valence-corrected chi connectivity index (χ0v) is 7.40. The molecule has 2 unspecified atom stereocenters. The first-order valence-corrected chi connectivity index (χ1v) is 4.19. The summed E-state index contributed by atoms with van der Waals surface area (Å²) in [5, 5.41) is 11.9. The molecule has 1 heterocycles. The number of aliphatic carboxylic acids is 1. The second-order valence-corrected chi connectivity index (χ2v) is 4.03. The Morgan fingerprint density at radius 2 is 2.45 bits per heavy atom. The average molecular weight is 175 g/mol. The van der Waals surface area contributed by atoms with Gasteiger partial charge in [0.1, 0.15) is 4.75 Å². The molecule has 0 aromatic heterocycles. The fraction of sp³-hybridized carbons (Fsp3) is 0.857. The second kappa shape index (κ2) is 3.03. The maximum Gasteiger partial charge on any atom is 0.320 e. The Labute approximate surface area is 71.6 Å². The summed E-state index contributed by atoms with van der Waals surface area (Å²) in [6.07, 6.45) is 1.96. The van der Waals surface area contributed by atoms with Crippen molar-refractivity contribution >= 4 is 18.6 Å². The molecule has 3 nitrogen and oxygen atoms in total. The summed E-state index contributed by atoms with van der Waals surface area (Å²) in [4.78, 5) is 10.7. The van der Waals surface area contributed by atoms with Crippen LogP contribution in [0.3, 0.4) is 0 Å². The zero-order chi connectivity index (χ0) is 8.48. The summed E-state index contributed by atoms with van der Waals surface area (Å²) < 4.78 is -0.920. The maximum absolute atomic E-state index is 10.7. The van der Waals surface area contributed by atoms with Crippen molar-refractivity contribution in [2.24, 2.45) is 0 Å². The second-order valence-electron chi connectivity index (χ2n) is 3.10. The lowest BCUT2D eigenvalue weighted by atomic mass is 10.00. The summed E-state index contributed by atoms with van der Waals surface area (Å²) in [6, 6.07) is 0.0170. The van der Waals surface area contributed by atoms with Crippen molar-refractivity contribution in [3.8, 4) is 0 Å². The molecule has 0 bridgehead atoms. The number of carbonyl (C=O) groups is 1. The van der Waals surface area contributed by atoms with Crippen LogP contribution in [0.25, 0.3) is 0 Å². The van der Waals surface area contributed by atoms with E-state index in [1.165, 1.54) is 0 Å². The predicted molar refractivity (Wildman–Crippen MR) is 46.1 cm³/mol. The number of carboxylic acids is 1. The third-order valence-corrected chi connectivity index (χ3v) is 2.67. The molecular weight excluding hydrogens is 162 g/mol. The van der Waals surface area contributed by atoms with Crippen LogP contribution < -0.4 is 5.32 Å². The molecule has 1 aliphatic heterocycles. The Kier molecular flexibility index (Phi) is 2.44. The predicted octanol–water partition coefficient (Wildman–Crippen LogP) is 0.511. The lowest BCUT2D eigenvalue weighted by Crippen LogP contribution is -2.47. The minimum absolute atomic E-state index is 0.0170. The number of rotatable bonds is 2. The first kappa shape index (κ1) is 8.87. The molecule has 1 fully saturated rings. The van der Waals surface area contributed by atoms with Crippen molar-refractivity contribution in [1.82, 2.24) is 5.32 Å². The Morgan fingerprint density at radius 1 is 1.82 bits per heavy atom. The molecule has 11 heavy (non-hydrogen) atoms. The smallest absolute Gasteiger partial charge is 0.320 e. The van der Waals surface area contributed by atoms with E-state index in [-0.39, 0.29) is 6.04 Å². The van der Waals surface area contributed by atoms with E-state index in [9.17, 15) is 4.79 Å². The van der Waals surface area contributed by atoms with Gasteiger partial charge in [0.2, 0.25) is 0 Å². The number of hydrogen-bond acceptors (Lipinski definition) is 3. The highest BCUT2D eigenvalue weighted by atomic mass is 32.1. The number of thiol groups is 1. The van der Waals surface area contributed by atoms with Crippen LogP contribution in [0.4, 0.5) is 0 Å². The van der Waals surface area contributed by atoms with Gasteiger partial charge in [0.05, 0.1) is 0 Å². The lowest BCUT2D eigenvalue weighted by Gasteiger charge is -2.25. The molecule has 64 valence electrons. The normalized spacial score (nSPS) is 29.8. The van der Waals surface area contributed by atoms with Gasteiger partial charge in [0.15, 0.2) is 0 Å². The molecule has 0 radical (unpaired) electrons. The van der Waals surface area contributed by atoms with Gasteiger partial charge in [-0.25, -0.2) is 0 Å². The monoisotopic (exact) mass is 175 g/mol.